The third-order valence-corrected chi connectivity index (χ3v) is 7.66. The van der Waals surface area contributed by atoms with Crippen molar-refractivity contribution < 1.29 is 4.79 Å². The number of amides is 1. The second-order valence-corrected chi connectivity index (χ2v) is 9.80. The minimum absolute atomic E-state index is 0.0324. The van der Waals surface area contributed by atoms with E-state index in [1.54, 1.807) is 6.08 Å². The van der Waals surface area contributed by atoms with Crippen LogP contribution in [0.3, 0.4) is 0 Å². The van der Waals surface area contributed by atoms with E-state index >= 15 is 0 Å². The Kier molecular flexibility index (Phi) is 4.75. The number of rotatable bonds is 2. The van der Waals surface area contributed by atoms with E-state index < -0.39 is 0 Å². The first-order valence-corrected chi connectivity index (χ1v) is 11.5. The Bertz CT molecular complexity index is 1130. The van der Waals surface area contributed by atoms with E-state index in [2.05, 4.69) is 41.2 Å². The van der Waals surface area contributed by atoms with Crippen molar-refractivity contribution in [1.82, 2.24) is 29.7 Å². The first-order valence-electron chi connectivity index (χ1n) is 10.4. The highest BCUT2D eigenvalue weighted by molar-refractivity contribution is 7.51. The molecular formula is C22H27N6OP. The average Bonchev–Trinajstić information content (AvgIpc) is 3.13. The van der Waals surface area contributed by atoms with Crippen LogP contribution in [-0.2, 0) is 4.79 Å². The minimum atomic E-state index is 0.0324. The van der Waals surface area contributed by atoms with E-state index in [0.29, 0.717) is 14.6 Å². The van der Waals surface area contributed by atoms with Gasteiger partial charge in [0.2, 0.25) is 0 Å². The summed E-state index contributed by atoms with van der Waals surface area (Å²) in [5, 5.41) is 9.24. The number of hydrogen-bond donors (Lipinski definition) is 1. The molecule has 30 heavy (non-hydrogen) atoms. The molecule has 5 heterocycles. The highest BCUT2D eigenvalue weighted by Gasteiger charge is 2.33. The van der Waals surface area contributed by atoms with Gasteiger partial charge in [-0.05, 0) is 45.4 Å². The summed E-state index contributed by atoms with van der Waals surface area (Å²) >= 11 is 0. The average molecular weight is 422 g/mol. The van der Waals surface area contributed by atoms with Crippen LogP contribution in [0.15, 0.2) is 41.9 Å². The number of nitrogens with zero attached hydrogens (tertiary/aromatic N) is 5. The number of allylic oxidation sites excluding steroid dienone is 1. The molecule has 2 aromatic rings. The van der Waals surface area contributed by atoms with Crippen molar-refractivity contribution in [3.8, 4) is 0 Å². The first-order chi connectivity index (χ1) is 14.4. The van der Waals surface area contributed by atoms with Crippen molar-refractivity contribution in [2.75, 3.05) is 19.6 Å². The maximum absolute atomic E-state index is 13.1. The molecule has 3 aliphatic heterocycles. The zero-order valence-electron chi connectivity index (χ0n) is 17.8. The molecule has 8 heteroatoms. The van der Waals surface area contributed by atoms with Crippen molar-refractivity contribution in [2.24, 2.45) is 0 Å². The van der Waals surface area contributed by atoms with Crippen LogP contribution in [0.4, 0.5) is 0 Å². The van der Waals surface area contributed by atoms with Crippen molar-refractivity contribution in [1.29, 1.82) is 0 Å². The van der Waals surface area contributed by atoms with E-state index in [0.717, 1.165) is 53.2 Å². The second kappa shape index (κ2) is 7.33. The van der Waals surface area contributed by atoms with Gasteiger partial charge in [0, 0.05) is 43.3 Å². The number of carbonyl (C=O) groups is 1. The molecule has 1 fully saturated rings. The minimum Gasteiger partial charge on any atom is -0.368 e. The third kappa shape index (κ3) is 3.36. The fourth-order valence-electron chi connectivity index (χ4n) is 4.46. The molecule has 1 N–H and O–H groups in total. The molecule has 2 unspecified atom stereocenters. The quantitative estimate of drug-likeness (QED) is 0.754. The van der Waals surface area contributed by atoms with Gasteiger partial charge in [0.25, 0.3) is 5.91 Å². The van der Waals surface area contributed by atoms with Gasteiger partial charge in [-0.3, -0.25) is 9.78 Å². The predicted molar refractivity (Wildman–Crippen MR) is 120 cm³/mol. The molecule has 0 spiro atoms. The van der Waals surface area contributed by atoms with Crippen LogP contribution in [0, 0.1) is 13.8 Å². The van der Waals surface area contributed by atoms with Gasteiger partial charge in [-0.15, -0.1) is 0 Å². The van der Waals surface area contributed by atoms with Gasteiger partial charge in [-0.1, -0.05) is 8.58 Å². The molecule has 0 radical (unpaired) electrons. The molecule has 1 amide bonds. The van der Waals surface area contributed by atoms with Crippen LogP contribution < -0.4 is 5.32 Å². The maximum Gasteiger partial charge on any atom is 0.252 e. The lowest BCUT2D eigenvalue weighted by Crippen LogP contribution is -2.49. The molecule has 3 atom stereocenters. The van der Waals surface area contributed by atoms with E-state index in [1.165, 1.54) is 5.57 Å². The van der Waals surface area contributed by atoms with Gasteiger partial charge < -0.3 is 15.1 Å². The Morgan fingerprint density at radius 3 is 2.87 bits per heavy atom. The van der Waals surface area contributed by atoms with Crippen LogP contribution in [0.2, 0.25) is 0 Å². The lowest BCUT2D eigenvalue weighted by molar-refractivity contribution is -0.124. The van der Waals surface area contributed by atoms with Gasteiger partial charge in [0.15, 0.2) is 0 Å². The molecule has 3 aliphatic rings. The topological polar surface area (TPSA) is 65.8 Å². The van der Waals surface area contributed by atoms with Gasteiger partial charge in [-0.25, -0.2) is 4.52 Å². The van der Waals surface area contributed by atoms with Gasteiger partial charge in [-0.2, -0.15) is 5.10 Å². The summed E-state index contributed by atoms with van der Waals surface area (Å²) in [6, 6.07) is 2.50. The zero-order chi connectivity index (χ0) is 21.0. The zero-order valence-corrected chi connectivity index (χ0v) is 18.8. The number of aryl methyl sites for hydroxylation is 2. The van der Waals surface area contributed by atoms with Crippen molar-refractivity contribution in [3.05, 3.63) is 59.0 Å². The molecule has 0 bridgehead atoms. The number of hydrogen-bond acceptors (Lipinski definition) is 5. The Morgan fingerprint density at radius 2 is 2.07 bits per heavy atom. The third-order valence-electron chi connectivity index (χ3n) is 5.94. The lowest BCUT2D eigenvalue weighted by atomic mass is 10.1. The summed E-state index contributed by atoms with van der Waals surface area (Å²) < 4.78 is 1.88. The summed E-state index contributed by atoms with van der Waals surface area (Å²) in [6.07, 6.45) is 7.99. The van der Waals surface area contributed by atoms with E-state index in [1.807, 2.05) is 35.7 Å². The molecule has 7 nitrogen and oxygen atoms in total. The van der Waals surface area contributed by atoms with Crippen molar-refractivity contribution >= 4 is 25.3 Å². The molecule has 0 saturated carbocycles. The fourth-order valence-corrected chi connectivity index (χ4v) is 5.88. The summed E-state index contributed by atoms with van der Waals surface area (Å²) in [7, 11) is 0.465. The Labute approximate surface area is 178 Å². The maximum atomic E-state index is 13.1. The van der Waals surface area contributed by atoms with Crippen molar-refractivity contribution in [2.45, 2.75) is 39.5 Å². The van der Waals surface area contributed by atoms with Crippen LogP contribution in [0.25, 0.3) is 10.8 Å². The first kappa shape index (κ1) is 19.5. The number of piperazine rings is 1. The number of nitrogens with one attached hydrogen (secondary N) is 1. The van der Waals surface area contributed by atoms with Crippen LogP contribution in [-0.4, -0.2) is 61.8 Å². The largest absolute Gasteiger partial charge is 0.368 e. The standard InChI is InChI=1S/C22H27N6OP/c1-13-7-17(26-6-5-23-14(2)10-26)12-27-21(29)9-20(30-22(13)27)18-8-19-16(4)24-15(3)11-28(19)25-18/h7-9,11-12,14,22-23,30H,5-6,10H2,1-4H3/t14-,22?/m0/s1. The highest BCUT2D eigenvalue weighted by Crippen LogP contribution is 2.47. The van der Waals surface area contributed by atoms with E-state index in [9.17, 15) is 4.79 Å². The summed E-state index contributed by atoms with van der Waals surface area (Å²) in [6.45, 7) is 11.2. The highest BCUT2D eigenvalue weighted by atomic mass is 31.1. The van der Waals surface area contributed by atoms with Gasteiger partial charge in [0.05, 0.1) is 40.3 Å². The second-order valence-electron chi connectivity index (χ2n) is 8.42. The van der Waals surface area contributed by atoms with E-state index in [4.69, 9.17) is 5.10 Å². The summed E-state index contributed by atoms with van der Waals surface area (Å²) in [5.41, 5.74) is 6.11. The molecule has 156 valence electrons. The lowest BCUT2D eigenvalue weighted by Gasteiger charge is -2.40. The van der Waals surface area contributed by atoms with Crippen LogP contribution in [0.1, 0.15) is 30.9 Å². The summed E-state index contributed by atoms with van der Waals surface area (Å²) in [4.78, 5) is 21.9. The molecular weight excluding hydrogens is 395 g/mol. The van der Waals surface area contributed by atoms with Crippen LogP contribution in [0.5, 0.6) is 0 Å². The van der Waals surface area contributed by atoms with Gasteiger partial charge in [0.1, 0.15) is 0 Å². The summed E-state index contributed by atoms with van der Waals surface area (Å²) in [5.74, 6) is 0.109. The monoisotopic (exact) mass is 422 g/mol. The number of aromatic nitrogens is 3. The number of carbonyl (C=O) groups excluding carboxylic acids is 1. The molecule has 5 rings (SSSR count). The molecule has 0 aromatic carbocycles. The smallest absolute Gasteiger partial charge is 0.252 e. The normalized spacial score (nSPS) is 25.3. The van der Waals surface area contributed by atoms with Crippen molar-refractivity contribution in [3.63, 3.8) is 0 Å². The molecule has 2 aromatic heterocycles. The Hall–Kier alpha value is -2.50. The van der Waals surface area contributed by atoms with Crippen LogP contribution >= 0.6 is 8.58 Å². The fraction of sp³-hybridized carbons (Fsp3) is 0.409. The molecule has 1 saturated heterocycles. The van der Waals surface area contributed by atoms with Gasteiger partial charge >= 0.3 is 0 Å². The number of fused-ring (bicyclic) bond motifs is 2. The Balaban J connectivity index is 1.46. The predicted octanol–water partition coefficient (Wildman–Crippen LogP) is 2.63. The SMILES string of the molecule is CC1=CC(N2CCN[C@@H](C)C2)=CN2C(=O)C=C(c3cc4c(C)nc(C)cn4n3)PC12. The molecule has 0 aliphatic carbocycles. The van der Waals surface area contributed by atoms with E-state index in [-0.39, 0.29) is 11.7 Å². The Morgan fingerprint density at radius 1 is 1.23 bits per heavy atom.